The molecule has 3 aromatic heterocycles. The van der Waals surface area contributed by atoms with Gasteiger partial charge in [0.05, 0.1) is 6.33 Å². The minimum Gasteiger partial charge on any atom is -0.341 e. The molecule has 0 saturated carbocycles. The fraction of sp³-hybridized carbons (Fsp3) is 0.273. The molecule has 0 aliphatic heterocycles. The molecule has 3 aromatic rings. The third-order valence-corrected chi connectivity index (χ3v) is 2.99. The van der Waals surface area contributed by atoms with Gasteiger partial charge < -0.3 is 4.98 Å². The minimum absolute atomic E-state index is 0.0144. The number of carbonyl (C=O) groups is 1. The number of imidazole rings is 1. The number of fused-ring (bicyclic) bond motifs is 1. The Balaban J connectivity index is 1.85. The smallest absolute Gasteiger partial charge is 0.297 e. The number of anilines is 1. The Morgan fingerprint density at radius 3 is 2.86 bits per heavy atom. The van der Waals surface area contributed by atoms with Crippen LogP contribution < -0.4 is 5.32 Å². The number of carbonyl (C=O) groups excluding carboxylic acids is 1. The topological polar surface area (TPSA) is 125 Å². The molecule has 0 atom stereocenters. The van der Waals surface area contributed by atoms with E-state index >= 15 is 0 Å². The molecule has 0 bridgehead atoms. The van der Waals surface area contributed by atoms with Gasteiger partial charge >= 0.3 is 0 Å². The van der Waals surface area contributed by atoms with E-state index in [1.54, 1.807) is 0 Å². The van der Waals surface area contributed by atoms with Crippen LogP contribution in [0.15, 0.2) is 6.33 Å². The summed E-state index contributed by atoms with van der Waals surface area (Å²) in [4.78, 5) is 30.9. The zero-order chi connectivity index (χ0) is 15.0. The quantitative estimate of drug-likeness (QED) is 0.630. The number of hydrogen-bond acceptors (Lipinski definition) is 6. The van der Waals surface area contributed by atoms with Gasteiger partial charge in [-0.3, -0.25) is 15.2 Å². The van der Waals surface area contributed by atoms with Gasteiger partial charge in [0.2, 0.25) is 11.8 Å². The molecule has 3 N–H and O–H groups in total. The van der Waals surface area contributed by atoms with Crippen LogP contribution >= 0.6 is 11.6 Å². The van der Waals surface area contributed by atoms with Crippen LogP contribution in [-0.2, 0) is 0 Å². The van der Waals surface area contributed by atoms with Crippen molar-refractivity contribution in [1.29, 1.82) is 0 Å². The first-order chi connectivity index (χ1) is 10.0. The number of halogens is 1. The molecule has 1 amide bonds. The van der Waals surface area contributed by atoms with Crippen LogP contribution in [0.3, 0.4) is 0 Å². The van der Waals surface area contributed by atoms with E-state index in [1.165, 1.54) is 6.33 Å². The van der Waals surface area contributed by atoms with E-state index in [0.717, 1.165) is 0 Å². The lowest BCUT2D eigenvalue weighted by Crippen LogP contribution is -2.16. The minimum atomic E-state index is -0.524. The molecule has 0 saturated heterocycles. The summed E-state index contributed by atoms with van der Waals surface area (Å²) in [7, 11) is 0. The molecule has 3 heterocycles. The van der Waals surface area contributed by atoms with E-state index in [-0.39, 0.29) is 22.8 Å². The third kappa shape index (κ3) is 2.55. The largest absolute Gasteiger partial charge is 0.341 e. The van der Waals surface area contributed by atoms with E-state index in [2.05, 4.69) is 40.4 Å². The van der Waals surface area contributed by atoms with Crippen molar-refractivity contribution in [3.8, 4) is 0 Å². The van der Waals surface area contributed by atoms with Gasteiger partial charge in [0.25, 0.3) is 5.91 Å². The molecule has 0 unspecified atom stereocenters. The summed E-state index contributed by atoms with van der Waals surface area (Å²) in [5.74, 6) is 0.303. The highest BCUT2D eigenvalue weighted by molar-refractivity contribution is 6.33. The Morgan fingerprint density at radius 2 is 2.14 bits per heavy atom. The maximum Gasteiger partial charge on any atom is 0.297 e. The average Bonchev–Trinajstić information content (AvgIpc) is 3.07. The monoisotopic (exact) mass is 306 g/mol. The standard InChI is InChI=1S/C11H11ClN8O/c1-4(2)7-16-9(20-19-7)10(21)18-11-15-6(12)5-8(17-11)14-3-13-5/h3-4H,1-2H3,(H,16,19,20)(H2,13,14,15,17,18,21). The van der Waals surface area contributed by atoms with Gasteiger partial charge in [0, 0.05) is 5.92 Å². The molecule has 0 aliphatic carbocycles. The van der Waals surface area contributed by atoms with Crippen LogP contribution in [0.2, 0.25) is 5.15 Å². The lowest BCUT2D eigenvalue weighted by molar-refractivity contribution is 0.101. The van der Waals surface area contributed by atoms with Crippen molar-refractivity contribution < 1.29 is 4.79 Å². The van der Waals surface area contributed by atoms with Crippen molar-refractivity contribution in [2.75, 3.05) is 5.32 Å². The number of aromatic amines is 2. The van der Waals surface area contributed by atoms with Crippen molar-refractivity contribution in [2.45, 2.75) is 19.8 Å². The van der Waals surface area contributed by atoms with E-state index in [4.69, 9.17) is 11.6 Å². The van der Waals surface area contributed by atoms with Crippen molar-refractivity contribution in [2.24, 2.45) is 0 Å². The van der Waals surface area contributed by atoms with Crippen LogP contribution in [-0.4, -0.2) is 41.0 Å². The number of aromatic nitrogens is 7. The normalized spacial score (nSPS) is 11.2. The number of H-pyrrole nitrogens is 2. The predicted molar refractivity (Wildman–Crippen MR) is 75.1 cm³/mol. The lowest BCUT2D eigenvalue weighted by Gasteiger charge is -2.01. The van der Waals surface area contributed by atoms with Gasteiger partial charge in [0.1, 0.15) is 11.3 Å². The molecule has 0 aromatic carbocycles. The fourth-order valence-corrected chi connectivity index (χ4v) is 1.86. The second kappa shape index (κ2) is 5.09. The number of hydrogen-bond donors (Lipinski definition) is 3. The van der Waals surface area contributed by atoms with Crippen molar-refractivity contribution in [3.63, 3.8) is 0 Å². The Kier molecular flexibility index (Phi) is 3.26. The second-order valence-corrected chi connectivity index (χ2v) is 4.95. The summed E-state index contributed by atoms with van der Waals surface area (Å²) in [5, 5.41) is 9.21. The molecular formula is C11H11ClN8O. The van der Waals surface area contributed by atoms with Gasteiger partial charge in [-0.2, -0.15) is 9.97 Å². The van der Waals surface area contributed by atoms with Crippen LogP contribution in [0.25, 0.3) is 11.2 Å². The fourth-order valence-electron chi connectivity index (χ4n) is 1.65. The number of amides is 1. The Labute approximate surface area is 123 Å². The zero-order valence-electron chi connectivity index (χ0n) is 11.2. The van der Waals surface area contributed by atoms with Gasteiger partial charge in [-0.15, -0.1) is 5.10 Å². The molecule has 9 nitrogen and oxygen atoms in total. The van der Waals surface area contributed by atoms with Crippen LogP contribution in [0.1, 0.15) is 36.2 Å². The first kappa shape index (κ1) is 13.4. The molecule has 3 rings (SSSR count). The highest BCUT2D eigenvalue weighted by Crippen LogP contribution is 2.18. The van der Waals surface area contributed by atoms with Crippen LogP contribution in [0.4, 0.5) is 5.95 Å². The van der Waals surface area contributed by atoms with Crippen molar-refractivity contribution in [1.82, 2.24) is 35.1 Å². The second-order valence-electron chi connectivity index (χ2n) is 4.59. The van der Waals surface area contributed by atoms with E-state index < -0.39 is 5.91 Å². The SMILES string of the molecule is CC(C)c1nc(C(=O)Nc2nc(Cl)c3[nH]cnc3n2)n[nH]1. The summed E-state index contributed by atoms with van der Waals surface area (Å²) >= 11 is 5.97. The Morgan fingerprint density at radius 1 is 1.33 bits per heavy atom. The maximum atomic E-state index is 12.0. The molecular weight excluding hydrogens is 296 g/mol. The first-order valence-corrected chi connectivity index (χ1v) is 6.52. The molecule has 108 valence electrons. The van der Waals surface area contributed by atoms with E-state index in [9.17, 15) is 4.79 Å². The molecule has 0 radical (unpaired) electrons. The molecule has 0 aliphatic rings. The lowest BCUT2D eigenvalue weighted by atomic mass is 10.2. The van der Waals surface area contributed by atoms with Crippen LogP contribution in [0.5, 0.6) is 0 Å². The Bertz CT molecular complexity index is 808. The van der Waals surface area contributed by atoms with Gasteiger partial charge in [-0.05, 0) is 0 Å². The third-order valence-electron chi connectivity index (χ3n) is 2.72. The summed E-state index contributed by atoms with van der Waals surface area (Å²) in [5.41, 5.74) is 0.873. The van der Waals surface area contributed by atoms with E-state index in [1.807, 2.05) is 13.8 Å². The van der Waals surface area contributed by atoms with Crippen molar-refractivity contribution >= 4 is 34.6 Å². The highest BCUT2D eigenvalue weighted by atomic mass is 35.5. The van der Waals surface area contributed by atoms with Gasteiger partial charge in [-0.25, -0.2) is 9.97 Å². The first-order valence-electron chi connectivity index (χ1n) is 6.15. The Hall–Kier alpha value is -2.55. The summed E-state index contributed by atoms with van der Waals surface area (Å²) < 4.78 is 0. The highest BCUT2D eigenvalue weighted by Gasteiger charge is 2.16. The maximum absolute atomic E-state index is 12.0. The van der Waals surface area contributed by atoms with Gasteiger partial charge in [0.15, 0.2) is 10.8 Å². The molecule has 0 fully saturated rings. The zero-order valence-corrected chi connectivity index (χ0v) is 11.9. The number of nitrogens with zero attached hydrogens (tertiary/aromatic N) is 5. The van der Waals surface area contributed by atoms with Gasteiger partial charge in [-0.1, -0.05) is 25.4 Å². The molecule has 21 heavy (non-hydrogen) atoms. The average molecular weight is 307 g/mol. The number of rotatable bonds is 3. The summed E-state index contributed by atoms with van der Waals surface area (Å²) in [6.45, 7) is 3.88. The summed E-state index contributed by atoms with van der Waals surface area (Å²) in [6.07, 6.45) is 1.45. The molecule has 10 heteroatoms. The summed E-state index contributed by atoms with van der Waals surface area (Å²) in [6, 6.07) is 0. The van der Waals surface area contributed by atoms with E-state index in [0.29, 0.717) is 17.0 Å². The van der Waals surface area contributed by atoms with Crippen molar-refractivity contribution in [3.05, 3.63) is 23.1 Å². The van der Waals surface area contributed by atoms with Crippen LogP contribution in [0, 0.1) is 0 Å². The number of nitrogens with one attached hydrogen (secondary N) is 3. The predicted octanol–water partition coefficient (Wildman–Crippen LogP) is 1.50. The molecule has 0 spiro atoms.